The Labute approximate surface area is 288 Å². The summed E-state index contributed by atoms with van der Waals surface area (Å²) in [6.45, 7) is 0. The Bertz CT molecular complexity index is 3100. The van der Waals surface area contributed by atoms with Gasteiger partial charge in [0, 0.05) is 10.8 Å². The Morgan fingerprint density at radius 1 is 0.300 bits per heavy atom. The monoisotopic (exact) mass is 632 g/mol. The summed E-state index contributed by atoms with van der Waals surface area (Å²) in [5.41, 5.74) is 14.6. The van der Waals surface area contributed by atoms with Gasteiger partial charge in [0.05, 0.1) is 5.41 Å². The molecule has 2 aliphatic carbocycles. The lowest BCUT2D eigenvalue weighted by Crippen LogP contribution is -2.25. The molecule has 0 radical (unpaired) electrons. The third-order valence-electron chi connectivity index (χ3n) is 11.7. The van der Waals surface area contributed by atoms with Gasteiger partial charge in [-0.2, -0.15) is 0 Å². The molecule has 0 saturated carbocycles. The number of fused-ring (bicyclic) bond motifs is 19. The van der Waals surface area contributed by atoms with E-state index in [1.807, 2.05) is 6.07 Å². The molecule has 1 nitrogen and oxygen atoms in total. The van der Waals surface area contributed by atoms with Gasteiger partial charge in [-0.05, 0) is 118 Å². The Morgan fingerprint density at radius 3 is 1.60 bits per heavy atom. The van der Waals surface area contributed by atoms with Crippen molar-refractivity contribution in [2.75, 3.05) is 0 Å². The predicted octanol–water partition coefficient (Wildman–Crippen LogP) is 13.1. The van der Waals surface area contributed by atoms with Gasteiger partial charge >= 0.3 is 0 Å². The highest BCUT2D eigenvalue weighted by atomic mass is 16.3. The van der Waals surface area contributed by atoms with Crippen LogP contribution in [0.3, 0.4) is 0 Å². The highest BCUT2D eigenvalue weighted by Crippen LogP contribution is 2.64. The smallest absolute Gasteiger partial charge is 0.135 e. The first-order valence-electron chi connectivity index (χ1n) is 17.4. The van der Waals surface area contributed by atoms with E-state index in [-0.39, 0.29) is 0 Å². The van der Waals surface area contributed by atoms with Crippen LogP contribution >= 0.6 is 0 Å². The summed E-state index contributed by atoms with van der Waals surface area (Å²) in [6.07, 6.45) is 0. The van der Waals surface area contributed by atoms with Crippen molar-refractivity contribution in [1.29, 1.82) is 0 Å². The van der Waals surface area contributed by atoms with E-state index >= 15 is 0 Å². The van der Waals surface area contributed by atoms with E-state index in [1.54, 1.807) is 0 Å². The normalized spacial score (nSPS) is 15.7. The molecule has 0 bridgehead atoms. The van der Waals surface area contributed by atoms with Crippen molar-refractivity contribution in [2.24, 2.45) is 0 Å². The van der Waals surface area contributed by atoms with Crippen LogP contribution in [0, 0.1) is 0 Å². The van der Waals surface area contributed by atoms with Gasteiger partial charge in [-0.25, -0.2) is 0 Å². The highest BCUT2D eigenvalue weighted by Gasteiger charge is 2.52. The van der Waals surface area contributed by atoms with Crippen molar-refractivity contribution in [3.05, 3.63) is 192 Å². The van der Waals surface area contributed by atoms with Crippen LogP contribution in [0.4, 0.5) is 0 Å². The SMILES string of the molecule is c1ccc2c(c1)-c1cc3c4ccccc4c4ccccc4c3cc1C21c2ccccc2-c2c(-c3ccc4oc5ccccc5c4c3)cccc21. The summed E-state index contributed by atoms with van der Waals surface area (Å²) in [5.74, 6) is 0. The maximum atomic E-state index is 6.24. The van der Waals surface area contributed by atoms with Gasteiger partial charge in [-0.1, -0.05) is 140 Å². The van der Waals surface area contributed by atoms with E-state index in [0.717, 1.165) is 21.9 Å². The zero-order valence-corrected chi connectivity index (χ0v) is 27.1. The van der Waals surface area contributed by atoms with Crippen molar-refractivity contribution in [1.82, 2.24) is 0 Å². The molecule has 2 aliphatic rings. The van der Waals surface area contributed by atoms with Crippen LogP contribution in [0.5, 0.6) is 0 Å². The molecule has 0 saturated heterocycles. The van der Waals surface area contributed by atoms with Gasteiger partial charge in [0.2, 0.25) is 0 Å². The Hall–Kier alpha value is -6.44. The summed E-state index contributed by atoms with van der Waals surface area (Å²) < 4.78 is 6.24. The van der Waals surface area contributed by atoms with E-state index in [0.29, 0.717) is 0 Å². The molecule has 1 heterocycles. The maximum Gasteiger partial charge on any atom is 0.135 e. The van der Waals surface area contributed by atoms with E-state index < -0.39 is 5.41 Å². The van der Waals surface area contributed by atoms with E-state index in [9.17, 15) is 0 Å². The van der Waals surface area contributed by atoms with Crippen molar-refractivity contribution in [3.63, 3.8) is 0 Å². The molecule has 230 valence electrons. The molecule has 0 N–H and O–H groups in total. The lowest BCUT2D eigenvalue weighted by Gasteiger charge is -2.31. The Morgan fingerprint density at radius 2 is 0.840 bits per heavy atom. The van der Waals surface area contributed by atoms with E-state index in [2.05, 4.69) is 164 Å². The van der Waals surface area contributed by atoms with Crippen molar-refractivity contribution < 1.29 is 4.42 Å². The minimum Gasteiger partial charge on any atom is -0.456 e. The zero-order valence-electron chi connectivity index (χ0n) is 27.1. The first kappa shape index (κ1) is 26.5. The van der Waals surface area contributed by atoms with Crippen molar-refractivity contribution >= 4 is 54.3 Å². The van der Waals surface area contributed by atoms with Crippen LogP contribution in [0.15, 0.2) is 174 Å². The fourth-order valence-corrected chi connectivity index (χ4v) is 9.72. The van der Waals surface area contributed by atoms with E-state index in [1.165, 1.54) is 88.0 Å². The largest absolute Gasteiger partial charge is 0.456 e. The standard InChI is InChI=1S/C49H28O/c1-3-14-33-31(12-1)32-13-2-4-15-34(32)39-28-45-40(27-38(33)39)35-16-5-8-20-42(35)49(45)43-21-9-6-18-37(43)48-30(19-11-22-44(48)49)29-24-25-47-41(26-29)36-17-7-10-23-46(36)50-47/h1-28H. The molecule has 12 rings (SSSR count). The molecule has 1 spiro atoms. The second kappa shape index (κ2) is 9.37. The quantitative estimate of drug-likeness (QED) is 0.164. The van der Waals surface area contributed by atoms with E-state index in [4.69, 9.17) is 4.42 Å². The second-order valence-corrected chi connectivity index (χ2v) is 13.9. The highest BCUT2D eigenvalue weighted by molar-refractivity contribution is 6.26. The zero-order chi connectivity index (χ0) is 32.6. The number of hydrogen-bond donors (Lipinski definition) is 0. The summed E-state index contributed by atoms with van der Waals surface area (Å²) in [4.78, 5) is 0. The van der Waals surface area contributed by atoms with Gasteiger partial charge in [0.25, 0.3) is 0 Å². The summed E-state index contributed by atoms with van der Waals surface area (Å²) >= 11 is 0. The fraction of sp³-hybridized carbons (Fsp3) is 0.0204. The molecule has 1 heteroatoms. The molecule has 1 atom stereocenters. The number of rotatable bonds is 1. The molecule has 1 unspecified atom stereocenters. The second-order valence-electron chi connectivity index (χ2n) is 13.9. The molecule has 0 fully saturated rings. The summed E-state index contributed by atoms with van der Waals surface area (Å²) in [7, 11) is 0. The van der Waals surface area contributed by atoms with Gasteiger partial charge in [0.1, 0.15) is 11.2 Å². The molecular weight excluding hydrogens is 605 g/mol. The number of benzene rings is 9. The molecule has 9 aromatic carbocycles. The lowest BCUT2D eigenvalue weighted by atomic mass is 9.70. The number of hydrogen-bond acceptors (Lipinski definition) is 1. The molecule has 0 aliphatic heterocycles. The molecule has 50 heavy (non-hydrogen) atoms. The molecule has 0 amide bonds. The Balaban J connectivity index is 1.22. The third-order valence-corrected chi connectivity index (χ3v) is 11.7. The number of furan rings is 1. The van der Waals surface area contributed by atoms with Gasteiger partial charge in [0.15, 0.2) is 0 Å². The van der Waals surface area contributed by atoms with Gasteiger partial charge < -0.3 is 4.42 Å². The van der Waals surface area contributed by atoms with Crippen LogP contribution in [0.1, 0.15) is 22.3 Å². The molecular formula is C49H28O. The molecule has 1 aromatic heterocycles. The van der Waals surface area contributed by atoms with Crippen LogP contribution < -0.4 is 0 Å². The number of para-hydroxylation sites is 1. The van der Waals surface area contributed by atoms with Crippen LogP contribution in [0.25, 0.3) is 87.6 Å². The topological polar surface area (TPSA) is 13.1 Å². The van der Waals surface area contributed by atoms with Crippen LogP contribution in [-0.2, 0) is 5.41 Å². The third kappa shape index (κ3) is 3.14. The summed E-state index contributed by atoms with van der Waals surface area (Å²) in [6, 6.07) is 63.1. The predicted molar refractivity (Wildman–Crippen MR) is 208 cm³/mol. The molecule has 10 aromatic rings. The fourth-order valence-electron chi connectivity index (χ4n) is 9.72. The Kier molecular flexibility index (Phi) is 4.97. The average Bonchev–Trinajstić information content (AvgIpc) is 3.81. The average molecular weight is 633 g/mol. The summed E-state index contributed by atoms with van der Waals surface area (Å²) in [5, 5.41) is 10.1. The van der Waals surface area contributed by atoms with Crippen LogP contribution in [0.2, 0.25) is 0 Å². The lowest BCUT2D eigenvalue weighted by molar-refractivity contribution is 0.669. The minimum absolute atomic E-state index is 0.443. The first-order valence-corrected chi connectivity index (χ1v) is 17.4. The van der Waals surface area contributed by atoms with Crippen molar-refractivity contribution in [2.45, 2.75) is 5.41 Å². The van der Waals surface area contributed by atoms with Crippen molar-refractivity contribution in [3.8, 4) is 33.4 Å². The van der Waals surface area contributed by atoms with Gasteiger partial charge in [-0.15, -0.1) is 0 Å². The van der Waals surface area contributed by atoms with Gasteiger partial charge in [-0.3, -0.25) is 0 Å². The first-order chi connectivity index (χ1) is 24.8. The van der Waals surface area contributed by atoms with Crippen LogP contribution in [-0.4, -0.2) is 0 Å². The minimum atomic E-state index is -0.443. The maximum absolute atomic E-state index is 6.24.